The molecule has 2 aliphatic heterocycles. The zero-order valence-electron chi connectivity index (χ0n) is 18.0. The van der Waals surface area contributed by atoms with Gasteiger partial charge in [-0.05, 0) is 60.9 Å². The summed E-state index contributed by atoms with van der Waals surface area (Å²) in [6, 6.07) is 17.2. The number of nitrogens with one attached hydrogen (secondary N) is 2. The molecule has 3 unspecified atom stereocenters. The van der Waals surface area contributed by atoms with Crippen molar-refractivity contribution in [3.63, 3.8) is 0 Å². The van der Waals surface area contributed by atoms with Crippen molar-refractivity contribution in [3.8, 4) is 11.5 Å². The molecule has 1 spiro atoms. The lowest BCUT2D eigenvalue weighted by Gasteiger charge is -2.37. The Hall–Kier alpha value is -2.90. The van der Waals surface area contributed by atoms with Crippen LogP contribution in [0.25, 0.3) is 0 Å². The number of piperidine rings is 1. The van der Waals surface area contributed by atoms with Crippen LogP contribution in [0.4, 0.5) is 0 Å². The zero-order valence-corrected chi connectivity index (χ0v) is 18.0. The molecular weight excluding hydrogens is 406 g/mol. The summed E-state index contributed by atoms with van der Waals surface area (Å²) < 4.78 is 5.87. The Labute approximate surface area is 187 Å². The molecule has 0 aromatic heterocycles. The van der Waals surface area contributed by atoms with Gasteiger partial charge in [0.05, 0.1) is 12.0 Å². The molecule has 7 heteroatoms. The highest BCUT2D eigenvalue weighted by Crippen LogP contribution is 2.52. The third-order valence-electron chi connectivity index (χ3n) is 7.25. The van der Waals surface area contributed by atoms with Crippen molar-refractivity contribution in [3.05, 3.63) is 60.2 Å². The molecule has 3 atom stereocenters. The SMILES string of the molecule is O=C(NO)C1CC2(CC2)CNC1C(=O)N1CCC(c2ccc(Oc3ccccc3)cc2)C1. The average Bonchev–Trinajstić information content (AvgIpc) is 3.39. The van der Waals surface area contributed by atoms with Crippen LogP contribution in [0.3, 0.4) is 0 Å². The van der Waals surface area contributed by atoms with Gasteiger partial charge in [0.1, 0.15) is 11.5 Å². The fourth-order valence-corrected chi connectivity index (χ4v) is 5.13. The molecule has 168 valence electrons. The Kier molecular flexibility index (Phi) is 5.61. The Morgan fingerprint density at radius 1 is 1.06 bits per heavy atom. The van der Waals surface area contributed by atoms with Crippen LogP contribution in [0.15, 0.2) is 54.6 Å². The van der Waals surface area contributed by atoms with E-state index in [-0.39, 0.29) is 17.2 Å². The zero-order chi connectivity index (χ0) is 22.1. The Balaban J connectivity index is 1.22. The lowest BCUT2D eigenvalue weighted by Crippen LogP contribution is -2.58. The van der Waals surface area contributed by atoms with Gasteiger partial charge in [0.2, 0.25) is 11.8 Å². The first kappa shape index (κ1) is 21.0. The number of nitrogens with zero attached hydrogens (tertiary/aromatic N) is 1. The first-order chi connectivity index (χ1) is 15.6. The third kappa shape index (κ3) is 4.23. The van der Waals surface area contributed by atoms with Crippen LogP contribution < -0.4 is 15.5 Å². The molecule has 32 heavy (non-hydrogen) atoms. The standard InChI is InChI=1S/C25H29N3O4/c29-23(27-31)21-14-25(11-12-25)16-26-22(21)24(30)28-13-10-18(15-28)17-6-8-20(9-7-17)32-19-4-2-1-3-5-19/h1-9,18,21-22,26,31H,10-16H2,(H,27,29). The number of hydroxylamine groups is 1. The van der Waals surface area contributed by atoms with Crippen molar-refractivity contribution in [2.24, 2.45) is 11.3 Å². The van der Waals surface area contributed by atoms with Gasteiger partial charge < -0.3 is 15.0 Å². The maximum Gasteiger partial charge on any atom is 0.248 e. The Morgan fingerprint density at radius 3 is 2.47 bits per heavy atom. The molecule has 1 saturated carbocycles. The second-order valence-corrected chi connectivity index (χ2v) is 9.40. The van der Waals surface area contributed by atoms with Gasteiger partial charge in [-0.2, -0.15) is 0 Å². The van der Waals surface area contributed by atoms with Crippen LogP contribution in [0.1, 0.15) is 37.2 Å². The number of hydrogen-bond acceptors (Lipinski definition) is 5. The van der Waals surface area contributed by atoms with E-state index in [1.165, 1.54) is 5.56 Å². The van der Waals surface area contributed by atoms with Crippen molar-refractivity contribution in [2.45, 2.75) is 37.6 Å². The van der Waals surface area contributed by atoms with Crippen LogP contribution >= 0.6 is 0 Å². The maximum absolute atomic E-state index is 13.3. The fraction of sp³-hybridized carbons (Fsp3) is 0.440. The molecule has 2 heterocycles. The monoisotopic (exact) mass is 435 g/mol. The molecular formula is C25H29N3O4. The topological polar surface area (TPSA) is 90.9 Å². The van der Waals surface area contributed by atoms with Gasteiger partial charge in [0.25, 0.3) is 0 Å². The summed E-state index contributed by atoms with van der Waals surface area (Å²) in [5.74, 6) is 0.800. The van der Waals surface area contributed by atoms with E-state index in [9.17, 15) is 14.8 Å². The van der Waals surface area contributed by atoms with E-state index < -0.39 is 17.9 Å². The van der Waals surface area contributed by atoms with E-state index in [1.807, 2.05) is 47.4 Å². The predicted octanol–water partition coefficient (Wildman–Crippen LogP) is 3.06. The molecule has 0 radical (unpaired) electrons. The summed E-state index contributed by atoms with van der Waals surface area (Å²) in [5.41, 5.74) is 3.08. The highest BCUT2D eigenvalue weighted by molar-refractivity contribution is 5.90. The minimum absolute atomic E-state index is 0.0411. The first-order valence-corrected chi connectivity index (χ1v) is 11.4. The molecule has 3 aliphatic rings. The number of benzene rings is 2. The van der Waals surface area contributed by atoms with Gasteiger partial charge in [0.15, 0.2) is 0 Å². The maximum atomic E-state index is 13.3. The Bertz CT molecular complexity index is 974. The van der Waals surface area contributed by atoms with Crippen LogP contribution in [-0.4, -0.2) is 47.6 Å². The summed E-state index contributed by atoms with van der Waals surface area (Å²) >= 11 is 0. The second-order valence-electron chi connectivity index (χ2n) is 9.40. The normalized spacial score (nSPS) is 26.0. The molecule has 0 bridgehead atoms. The summed E-state index contributed by atoms with van der Waals surface area (Å²) in [7, 11) is 0. The van der Waals surface area contributed by atoms with E-state index in [1.54, 1.807) is 5.48 Å². The van der Waals surface area contributed by atoms with Crippen molar-refractivity contribution in [2.75, 3.05) is 19.6 Å². The average molecular weight is 436 g/mol. The summed E-state index contributed by atoms with van der Waals surface area (Å²) in [5, 5.41) is 12.5. The summed E-state index contributed by atoms with van der Waals surface area (Å²) in [6.45, 7) is 2.07. The quantitative estimate of drug-likeness (QED) is 0.496. The van der Waals surface area contributed by atoms with E-state index in [0.717, 1.165) is 37.3 Å². The highest BCUT2D eigenvalue weighted by atomic mass is 16.5. The smallest absolute Gasteiger partial charge is 0.248 e. The Morgan fingerprint density at radius 2 is 1.78 bits per heavy atom. The van der Waals surface area contributed by atoms with Gasteiger partial charge in [-0.25, -0.2) is 5.48 Å². The van der Waals surface area contributed by atoms with Crippen molar-refractivity contribution >= 4 is 11.8 Å². The fourth-order valence-electron chi connectivity index (χ4n) is 5.13. The van der Waals surface area contributed by atoms with E-state index in [0.29, 0.717) is 19.5 Å². The van der Waals surface area contributed by atoms with Gasteiger partial charge in [-0.3, -0.25) is 14.8 Å². The molecule has 7 nitrogen and oxygen atoms in total. The van der Waals surface area contributed by atoms with Gasteiger partial charge in [0, 0.05) is 25.6 Å². The molecule has 1 aliphatic carbocycles. The van der Waals surface area contributed by atoms with E-state index in [2.05, 4.69) is 17.4 Å². The molecule has 2 saturated heterocycles. The molecule has 3 fully saturated rings. The van der Waals surface area contributed by atoms with Gasteiger partial charge in [-0.1, -0.05) is 30.3 Å². The molecule has 5 rings (SSSR count). The first-order valence-electron chi connectivity index (χ1n) is 11.4. The third-order valence-corrected chi connectivity index (χ3v) is 7.25. The lowest BCUT2D eigenvalue weighted by atomic mass is 9.81. The van der Waals surface area contributed by atoms with Crippen LogP contribution in [0, 0.1) is 11.3 Å². The highest BCUT2D eigenvalue weighted by Gasteiger charge is 2.53. The number of carbonyl (C=O) groups is 2. The van der Waals surface area contributed by atoms with Crippen molar-refractivity contribution in [1.82, 2.24) is 15.7 Å². The van der Waals surface area contributed by atoms with Crippen molar-refractivity contribution < 1.29 is 19.5 Å². The minimum atomic E-state index is -0.575. The van der Waals surface area contributed by atoms with Crippen LogP contribution in [-0.2, 0) is 9.59 Å². The number of para-hydroxylation sites is 1. The minimum Gasteiger partial charge on any atom is -0.457 e. The molecule has 3 N–H and O–H groups in total. The number of amides is 2. The second kappa shape index (κ2) is 8.56. The van der Waals surface area contributed by atoms with Gasteiger partial charge >= 0.3 is 0 Å². The van der Waals surface area contributed by atoms with Gasteiger partial charge in [-0.15, -0.1) is 0 Å². The van der Waals surface area contributed by atoms with Crippen molar-refractivity contribution in [1.29, 1.82) is 0 Å². The number of ether oxygens (including phenoxy) is 1. The van der Waals surface area contributed by atoms with Crippen LogP contribution in [0.5, 0.6) is 11.5 Å². The lowest BCUT2D eigenvalue weighted by molar-refractivity contribution is -0.144. The predicted molar refractivity (Wildman–Crippen MR) is 118 cm³/mol. The number of rotatable bonds is 5. The van der Waals surface area contributed by atoms with E-state index >= 15 is 0 Å². The number of hydrogen-bond donors (Lipinski definition) is 3. The summed E-state index contributed by atoms with van der Waals surface area (Å²) in [6.07, 6.45) is 3.69. The number of carbonyl (C=O) groups excluding carboxylic acids is 2. The summed E-state index contributed by atoms with van der Waals surface area (Å²) in [4.78, 5) is 27.4. The van der Waals surface area contributed by atoms with Crippen LogP contribution in [0.2, 0.25) is 0 Å². The molecule has 2 aromatic carbocycles. The largest absolute Gasteiger partial charge is 0.457 e. The molecule has 2 aromatic rings. The number of likely N-dealkylation sites (tertiary alicyclic amines) is 1. The molecule has 2 amide bonds. The van der Waals surface area contributed by atoms with E-state index in [4.69, 9.17) is 4.74 Å².